The molecule has 1 atom stereocenters. The number of hydrogen-bond donors (Lipinski definition) is 2. The van der Waals surface area contributed by atoms with Gasteiger partial charge in [0.2, 0.25) is 0 Å². The van der Waals surface area contributed by atoms with Crippen LogP contribution in [0.3, 0.4) is 0 Å². The van der Waals surface area contributed by atoms with Gasteiger partial charge in [0.1, 0.15) is 5.82 Å². The van der Waals surface area contributed by atoms with E-state index in [2.05, 4.69) is 4.98 Å². The molecule has 0 bridgehead atoms. The van der Waals surface area contributed by atoms with Crippen LogP contribution in [-0.2, 0) is 6.42 Å². The first-order valence-electron chi connectivity index (χ1n) is 5.09. The second-order valence-corrected chi connectivity index (χ2v) is 4.14. The van der Waals surface area contributed by atoms with Gasteiger partial charge in [-0.25, -0.2) is 4.39 Å². The van der Waals surface area contributed by atoms with E-state index in [1.165, 1.54) is 0 Å². The van der Waals surface area contributed by atoms with Crippen molar-refractivity contribution in [3.05, 3.63) is 35.3 Å². The van der Waals surface area contributed by atoms with Gasteiger partial charge in [0.25, 0.3) is 0 Å². The lowest BCUT2D eigenvalue weighted by Gasteiger charge is -2.03. The topological polar surface area (TPSA) is 41.8 Å². The lowest BCUT2D eigenvalue weighted by molar-refractivity contribution is 0.620. The Morgan fingerprint density at radius 2 is 2.20 bits per heavy atom. The molecule has 0 spiro atoms. The van der Waals surface area contributed by atoms with E-state index < -0.39 is 0 Å². The van der Waals surface area contributed by atoms with E-state index in [-0.39, 0.29) is 11.9 Å². The first kappa shape index (κ1) is 10.2. The van der Waals surface area contributed by atoms with Gasteiger partial charge in [-0.15, -0.1) is 0 Å². The van der Waals surface area contributed by atoms with Crippen molar-refractivity contribution in [2.75, 3.05) is 0 Å². The number of aryl methyl sites for hydroxylation is 1. The number of benzene rings is 1. The predicted octanol–water partition coefficient (Wildman–Crippen LogP) is 2.51. The van der Waals surface area contributed by atoms with Crippen LogP contribution in [-0.4, -0.2) is 11.0 Å². The minimum Gasteiger partial charge on any atom is -0.361 e. The van der Waals surface area contributed by atoms with Crippen LogP contribution in [0.25, 0.3) is 10.9 Å². The maximum atomic E-state index is 13.4. The van der Waals surface area contributed by atoms with Crippen molar-refractivity contribution in [1.29, 1.82) is 0 Å². The van der Waals surface area contributed by atoms with Gasteiger partial charge < -0.3 is 10.7 Å². The summed E-state index contributed by atoms with van der Waals surface area (Å²) in [5.74, 6) is -0.159. The van der Waals surface area contributed by atoms with Crippen LogP contribution in [0.1, 0.15) is 18.1 Å². The number of nitrogens with one attached hydrogen (secondary N) is 1. The molecule has 0 aliphatic rings. The molecule has 2 rings (SSSR count). The van der Waals surface area contributed by atoms with E-state index in [9.17, 15) is 4.39 Å². The standard InChI is InChI=1S/C12H15FN2/c1-7-3-12-10(5-11(7)13)9(6-15-12)4-8(2)14/h3,5-6,8,15H,4,14H2,1-2H3/t8-/m0/s1. The van der Waals surface area contributed by atoms with E-state index in [4.69, 9.17) is 5.73 Å². The predicted molar refractivity (Wildman–Crippen MR) is 60.3 cm³/mol. The Morgan fingerprint density at radius 3 is 2.87 bits per heavy atom. The molecule has 3 heteroatoms. The van der Waals surface area contributed by atoms with Crippen LogP contribution in [0, 0.1) is 12.7 Å². The Morgan fingerprint density at radius 1 is 1.47 bits per heavy atom. The maximum Gasteiger partial charge on any atom is 0.126 e. The molecule has 15 heavy (non-hydrogen) atoms. The fraction of sp³-hybridized carbons (Fsp3) is 0.333. The Balaban J connectivity index is 2.54. The summed E-state index contributed by atoms with van der Waals surface area (Å²) in [6, 6.07) is 3.50. The smallest absolute Gasteiger partial charge is 0.126 e. The van der Waals surface area contributed by atoms with E-state index in [0.717, 1.165) is 22.9 Å². The second kappa shape index (κ2) is 3.66. The normalized spacial score (nSPS) is 13.3. The number of H-pyrrole nitrogens is 1. The van der Waals surface area contributed by atoms with Gasteiger partial charge in [-0.2, -0.15) is 0 Å². The zero-order chi connectivity index (χ0) is 11.0. The second-order valence-electron chi connectivity index (χ2n) is 4.14. The molecule has 0 unspecified atom stereocenters. The molecule has 3 N–H and O–H groups in total. The van der Waals surface area contributed by atoms with Crippen LogP contribution in [0.5, 0.6) is 0 Å². The number of halogens is 1. The molecule has 1 aromatic heterocycles. The van der Waals surface area contributed by atoms with Gasteiger partial charge in [-0.1, -0.05) is 0 Å². The Bertz CT molecular complexity index is 486. The van der Waals surface area contributed by atoms with Gasteiger partial charge in [0.15, 0.2) is 0 Å². The minimum absolute atomic E-state index is 0.0911. The fourth-order valence-corrected chi connectivity index (χ4v) is 1.82. The van der Waals surface area contributed by atoms with E-state index in [0.29, 0.717) is 5.56 Å². The van der Waals surface area contributed by atoms with E-state index >= 15 is 0 Å². The molecular weight excluding hydrogens is 191 g/mol. The molecule has 0 saturated heterocycles. The van der Waals surface area contributed by atoms with Crippen molar-refractivity contribution < 1.29 is 4.39 Å². The third-order valence-electron chi connectivity index (χ3n) is 2.59. The maximum absolute atomic E-state index is 13.4. The lowest BCUT2D eigenvalue weighted by Crippen LogP contribution is -2.17. The average molecular weight is 206 g/mol. The van der Waals surface area contributed by atoms with Crippen molar-refractivity contribution in [1.82, 2.24) is 4.98 Å². The molecule has 1 heterocycles. The number of nitrogens with two attached hydrogens (primary N) is 1. The summed E-state index contributed by atoms with van der Waals surface area (Å²) in [6.45, 7) is 3.71. The molecule has 0 radical (unpaired) electrons. The van der Waals surface area contributed by atoms with E-state index in [1.807, 2.05) is 19.2 Å². The number of aromatic amines is 1. The summed E-state index contributed by atoms with van der Waals surface area (Å²) in [6.07, 6.45) is 2.68. The first-order chi connectivity index (χ1) is 7.08. The molecule has 2 nitrogen and oxygen atoms in total. The van der Waals surface area contributed by atoms with Crippen LogP contribution >= 0.6 is 0 Å². The average Bonchev–Trinajstić information content (AvgIpc) is 2.49. The Kier molecular flexibility index (Phi) is 2.49. The largest absolute Gasteiger partial charge is 0.361 e. The third kappa shape index (κ3) is 1.88. The summed E-state index contributed by atoms with van der Waals surface area (Å²) in [7, 11) is 0. The molecule has 1 aromatic carbocycles. The van der Waals surface area contributed by atoms with Crippen LogP contribution in [0.2, 0.25) is 0 Å². The summed E-state index contributed by atoms with van der Waals surface area (Å²) < 4.78 is 13.4. The third-order valence-corrected chi connectivity index (χ3v) is 2.59. The van der Waals surface area contributed by atoms with Gasteiger partial charge in [0.05, 0.1) is 0 Å². The quantitative estimate of drug-likeness (QED) is 0.778. The zero-order valence-corrected chi connectivity index (χ0v) is 8.97. The summed E-state index contributed by atoms with van der Waals surface area (Å²) >= 11 is 0. The number of rotatable bonds is 2. The monoisotopic (exact) mass is 206 g/mol. The van der Waals surface area contributed by atoms with Gasteiger partial charge in [0, 0.05) is 23.1 Å². The van der Waals surface area contributed by atoms with Gasteiger partial charge in [-0.05, 0) is 43.5 Å². The number of aromatic nitrogens is 1. The number of fused-ring (bicyclic) bond motifs is 1. The van der Waals surface area contributed by atoms with Crippen molar-refractivity contribution in [2.45, 2.75) is 26.3 Å². The highest BCUT2D eigenvalue weighted by Crippen LogP contribution is 2.22. The molecule has 0 saturated carbocycles. The molecule has 80 valence electrons. The van der Waals surface area contributed by atoms with Crippen LogP contribution < -0.4 is 5.73 Å². The minimum atomic E-state index is -0.159. The van der Waals surface area contributed by atoms with Crippen molar-refractivity contribution in [2.24, 2.45) is 5.73 Å². The lowest BCUT2D eigenvalue weighted by atomic mass is 10.1. The summed E-state index contributed by atoms with van der Waals surface area (Å²) in [4.78, 5) is 3.14. The van der Waals surface area contributed by atoms with Crippen LogP contribution in [0.15, 0.2) is 18.3 Å². The van der Waals surface area contributed by atoms with Crippen molar-refractivity contribution in [3.63, 3.8) is 0 Å². The highest BCUT2D eigenvalue weighted by Gasteiger charge is 2.08. The Hall–Kier alpha value is -1.35. The number of hydrogen-bond acceptors (Lipinski definition) is 1. The molecular formula is C12H15FN2. The fourth-order valence-electron chi connectivity index (χ4n) is 1.82. The molecule has 0 fully saturated rings. The zero-order valence-electron chi connectivity index (χ0n) is 8.97. The van der Waals surface area contributed by atoms with Gasteiger partial charge in [-0.3, -0.25) is 0 Å². The summed E-state index contributed by atoms with van der Waals surface area (Å²) in [5.41, 5.74) is 8.46. The molecule has 0 aliphatic carbocycles. The Labute approximate surface area is 88.3 Å². The van der Waals surface area contributed by atoms with E-state index in [1.54, 1.807) is 13.0 Å². The first-order valence-corrected chi connectivity index (χ1v) is 5.09. The highest BCUT2D eigenvalue weighted by molar-refractivity contribution is 5.84. The van der Waals surface area contributed by atoms with Gasteiger partial charge >= 0.3 is 0 Å². The summed E-state index contributed by atoms with van der Waals surface area (Å²) in [5, 5.41) is 0.940. The molecule has 2 aromatic rings. The molecule has 0 aliphatic heterocycles. The van der Waals surface area contributed by atoms with Crippen molar-refractivity contribution >= 4 is 10.9 Å². The van der Waals surface area contributed by atoms with Crippen molar-refractivity contribution in [3.8, 4) is 0 Å². The molecule has 0 amide bonds. The SMILES string of the molecule is Cc1cc2[nH]cc(C[C@H](C)N)c2cc1F. The highest BCUT2D eigenvalue weighted by atomic mass is 19.1. The van der Waals surface area contributed by atoms with Crippen LogP contribution in [0.4, 0.5) is 4.39 Å².